The largest absolute Gasteiger partial charge is 0.481 e. The number of aromatic nitrogens is 4. The summed E-state index contributed by atoms with van der Waals surface area (Å²) in [4.78, 5) is 4.56. The van der Waals surface area contributed by atoms with Crippen LogP contribution in [-0.2, 0) is 9.84 Å². The lowest BCUT2D eigenvalue weighted by molar-refractivity contribution is 0.398. The maximum atomic E-state index is 11.5. The molecule has 3 rings (SSSR count). The van der Waals surface area contributed by atoms with Gasteiger partial charge in [-0.2, -0.15) is 0 Å². The molecule has 8 heteroatoms. The third kappa shape index (κ3) is 3.21. The first-order valence-electron chi connectivity index (χ1n) is 6.71. The number of benzene rings is 1. The molecule has 0 saturated heterocycles. The van der Waals surface area contributed by atoms with Gasteiger partial charge < -0.3 is 4.74 Å². The van der Waals surface area contributed by atoms with E-state index in [0.29, 0.717) is 23.0 Å². The first-order valence-corrected chi connectivity index (χ1v) is 8.61. The molecule has 1 aromatic carbocycles. The van der Waals surface area contributed by atoms with E-state index >= 15 is 0 Å². The van der Waals surface area contributed by atoms with Crippen LogP contribution in [0.25, 0.3) is 17.1 Å². The monoisotopic (exact) mass is 330 g/mol. The molecular weight excluding hydrogens is 316 g/mol. The third-order valence-corrected chi connectivity index (χ3v) is 4.35. The van der Waals surface area contributed by atoms with E-state index in [-0.39, 0.29) is 4.90 Å². The molecule has 0 unspecified atom stereocenters. The molecule has 0 radical (unpaired) electrons. The smallest absolute Gasteiger partial charge is 0.213 e. The van der Waals surface area contributed by atoms with Gasteiger partial charge in [-0.3, -0.25) is 0 Å². The van der Waals surface area contributed by atoms with E-state index in [4.69, 9.17) is 4.74 Å². The predicted molar refractivity (Wildman–Crippen MR) is 84.3 cm³/mol. The van der Waals surface area contributed by atoms with Gasteiger partial charge in [0.25, 0.3) is 0 Å². The lowest BCUT2D eigenvalue weighted by Crippen LogP contribution is -1.99. The second kappa shape index (κ2) is 5.81. The van der Waals surface area contributed by atoms with Crippen molar-refractivity contribution >= 4 is 9.84 Å². The zero-order valence-electron chi connectivity index (χ0n) is 12.5. The van der Waals surface area contributed by atoms with Crippen LogP contribution in [-0.4, -0.2) is 41.8 Å². The summed E-state index contributed by atoms with van der Waals surface area (Å²) in [5, 5.41) is 8.13. The molecule has 0 aliphatic rings. The Hall–Kier alpha value is -2.74. The van der Waals surface area contributed by atoms with Crippen LogP contribution in [0.4, 0.5) is 0 Å². The Morgan fingerprint density at radius 2 is 1.78 bits per heavy atom. The molecule has 0 atom stereocenters. The summed E-state index contributed by atoms with van der Waals surface area (Å²) in [6, 6.07) is 11.8. The van der Waals surface area contributed by atoms with Gasteiger partial charge in [-0.1, -0.05) is 11.3 Å². The average Bonchev–Trinajstić information content (AvgIpc) is 3.04. The van der Waals surface area contributed by atoms with Crippen LogP contribution < -0.4 is 4.74 Å². The van der Waals surface area contributed by atoms with E-state index in [9.17, 15) is 8.42 Å². The normalized spacial score (nSPS) is 11.4. The lowest BCUT2D eigenvalue weighted by atomic mass is 10.3. The van der Waals surface area contributed by atoms with E-state index in [2.05, 4.69) is 15.3 Å². The van der Waals surface area contributed by atoms with Crippen molar-refractivity contribution in [3.63, 3.8) is 0 Å². The van der Waals surface area contributed by atoms with E-state index in [1.165, 1.54) is 18.4 Å². The van der Waals surface area contributed by atoms with Gasteiger partial charge in [0.1, 0.15) is 5.69 Å². The maximum absolute atomic E-state index is 11.5. The van der Waals surface area contributed by atoms with Gasteiger partial charge in [-0.25, -0.2) is 18.1 Å². The fraction of sp³-hybridized carbons (Fsp3) is 0.133. The van der Waals surface area contributed by atoms with Gasteiger partial charge in [0.2, 0.25) is 5.88 Å². The van der Waals surface area contributed by atoms with Crippen LogP contribution in [0.2, 0.25) is 0 Å². The molecule has 2 aromatic heterocycles. The first kappa shape index (κ1) is 15.2. The second-order valence-corrected chi connectivity index (χ2v) is 6.90. The van der Waals surface area contributed by atoms with Crippen molar-refractivity contribution in [1.82, 2.24) is 20.0 Å². The quantitative estimate of drug-likeness (QED) is 0.724. The van der Waals surface area contributed by atoms with Crippen molar-refractivity contribution in [1.29, 1.82) is 0 Å². The van der Waals surface area contributed by atoms with E-state index in [1.54, 1.807) is 36.2 Å². The SMILES string of the molecule is COc1cccc(-c2cn(-c3ccc(S(C)(=O)=O)cc3)nn2)n1. The van der Waals surface area contributed by atoms with Gasteiger partial charge in [0.15, 0.2) is 9.84 Å². The van der Waals surface area contributed by atoms with Crippen molar-refractivity contribution in [3.05, 3.63) is 48.7 Å². The molecular formula is C15H14N4O3S. The third-order valence-electron chi connectivity index (χ3n) is 3.22. The number of pyridine rings is 1. The Balaban J connectivity index is 1.92. The molecule has 0 amide bonds. The summed E-state index contributed by atoms with van der Waals surface area (Å²) >= 11 is 0. The highest BCUT2D eigenvalue weighted by atomic mass is 32.2. The Morgan fingerprint density at radius 1 is 1.04 bits per heavy atom. The molecule has 118 valence electrons. The lowest BCUT2D eigenvalue weighted by Gasteiger charge is -2.02. The first-order chi connectivity index (χ1) is 11.0. The Kier molecular flexibility index (Phi) is 3.83. The van der Waals surface area contributed by atoms with Crippen LogP contribution in [0.3, 0.4) is 0 Å². The van der Waals surface area contributed by atoms with Crippen LogP contribution in [0.1, 0.15) is 0 Å². The Labute approximate surface area is 133 Å². The highest BCUT2D eigenvalue weighted by Gasteiger charge is 2.10. The molecule has 7 nitrogen and oxygen atoms in total. The summed E-state index contributed by atoms with van der Waals surface area (Å²) in [7, 11) is -1.67. The zero-order chi connectivity index (χ0) is 16.4. The molecule has 0 fully saturated rings. The maximum Gasteiger partial charge on any atom is 0.213 e. The number of hydrogen-bond donors (Lipinski definition) is 0. The van der Waals surface area contributed by atoms with Crippen LogP contribution in [0, 0.1) is 0 Å². The fourth-order valence-electron chi connectivity index (χ4n) is 2.02. The van der Waals surface area contributed by atoms with Crippen LogP contribution in [0.5, 0.6) is 5.88 Å². The summed E-state index contributed by atoms with van der Waals surface area (Å²) in [6.07, 6.45) is 2.89. The van der Waals surface area contributed by atoms with Gasteiger partial charge >= 0.3 is 0 Å². The Bertz CT molecular complexity index is 933. The molecule has 0 saturated carbocycles. The summed E-state index contributed by atoms with van der Waals surface area (Å²) < 4.78 is 29.6. The highest BCUT2D eigenvalue weighted by molar-refractivity contribution is 7.90. The van der Waals surface area contributed by atoms with Gasteiger partial charge in [-0.05, 0) is 30.3 Å². The van der Waals surface area contributed by atoms with Crippen molar-refractivity contribution < 1.29 is 13.2 Å². The summed E-state index contributed by atoms with van der Waals surface area (Å²) in [5.74, 6) is 0.495. The molecule has 0 aliphatic heterocycles. The van der Waals surface area contributed by atoms with Crippen molar-refractivity contribution in [2.75, 3.05) is 13.4 Å². The molecule has 0 aliphatic carbocycles. The molecule has 0 bridgehead atoms. The van der Waals surface area contributed by atoms with E-state index < -0.39 is 9.84 Å². The second-order valence-electron chi connectivity index (χ2n) is 4.88. The van der Waals surface area contributed by atoms with Crippen molar-refractivity contribution in [2.24, 2.45) is 0 Å². The molecule has 0 spiro atoms. The van der Waals surface area contributed by atoms with Gasteiger partial charge in [0.05, 0.1) is 29.6 Å². The molecule has 23 heavy (non-hydrogen) atoms. The highest BCUT2D eigenvalue weighted by Crippen LogP contribution is 2.19. The number of nitrogens with zero attached hydrogens (tertiary/aromatic N) is 4. The summed E-state index contributed by atoms with van der Waals surface area (Å²) in [5.41, 5.74) is 1.94. The topological polar surface area (TPSA) is 87.0 Å². The number of sulfone groups is 1. The number of methoxy groups -OCH3 is 1. The Morgan fingerprint density at radius 3 is 2.43 bits per heavy atom. The molecule has 3 aromatic rings. The predicted octanol–water partition coefficient (Wildman–Crippen LogP) is 1.74. The molecule has 2 heterocycles. The van der Waals surface area contributed by atoms with Crippen LogP contribution in [0.15, 0.2) is 53.6 Å². The minimum absolute atomic E-state index is 0.260. The fourth-order valence-corrected chi connectivity index (χ4v) is 2.66. The number of ether oxygens (including phenoxy) is 1. The van der Waals surface area contributed by atoms with Crippen LogP contribution >= 0.6 is 0 Å². The average molecular weight is 330 g/mol. The standard InChI is InChI=1S/C15H14N4O3S/c1-22-15-5-3-4-13(16-15)14-10-19(18-17-14)11-6-8-12(9-7-11)23(2,20)21/h3-10H,1-2H3. The number of hydrogen-bond acceptors (Lipinski definition) is 6. The zero-order valence-corrected chi connectivity index (χ0v) is 13.4. The molecule has 0 N–H and O–H groups in total. The van der Waals surface area contributed by atoms with E-state index in [1.807, 2.05) is 12.1 Å². The number of rotatable bonds is 4. The van der Waals surface area contributed by atoms with Crippen molar-refractivity contribution in [2.45, 2.75) is 4.90 Å². The minimum atomic E-state index is -3.22. The van der Waals surface area contributed by atoms with Gasteiger partial charge in [0, 0.05) is 12.3 Å². The van der Waals surface area contributed by atoms with Gasteiger partial charge in [-0.15, -0.1) is 5.10 Å². The minimum Gasteiger partial charge on any atom is -0.481 e. The summed E-state index contributed by atoms with van der Waals surface area (Å²) in [6.45, 7) is 0. The van der Waals surface area contributed by atoms with E-state index in [0.717, 1.165) is 0 Å². The van der Waals surface area contributed by atoms with Crippen molar-refractivity contribution in [3.8, 4) is 23.0 Å².